The summed E-state index contributed by atoms with van der Waals surface area (Å²) in [7, 11) is 0. The number of hydrogen-bond acceptors (Lipinski definition) is 2. The Bertz CT molecular complexity index is 754. The second-order valence-electron chi connectivity index (χ2n) is 6.98. The summed E-state index contributed by atoms with van der Waals surface area (Å²) in [5.41, 5.74) is 2.19. The summed E-state index contributed by atoms with van der Waals surface area (Å²) in [6.07, 6.45) is 2.67. The molecule has 0 bridgehead atoms. The second-order valence-corrected chi connectivity index (χ2v) is 7.42. The lowest BCUT2D eigenvalue weighted by molar-refractivity contribution is -0.135. The molecule has 27 heavy (non-hydrogen) atoms. The molecule has 1 saturated heterocycles. The molecule has 2 aromatic rings. The van der Waals surface area contributed by atoms with Gasteiger partial charge in [-0.05, 0) is 42.5 Å². The molecule has 142 valence electrons. The molecule has 1 N–H and O–H groups in total. The number of halogens is 1. The van der Waals surface area contributed by atoms with Crippen LogP contribution in [0.3, 0.4) is 0 Å². The number of piperidine rings is 1. The summed E-state index contributed by atoms with van der Waals surface area (Å²) in [6.45, 7) is 1.94. The number of rotatable bonds is 6. The molecule has 1 heterocycles. The van der Waals surface area contributed by atoms with E-state index >= 15 is 0 Å². The maximum absolute atomic E-state index is 12.5. The predicted octanol–water partition coefficient (Wildman–Crippen LogP) is 3.48. The molecule has 3 rings (SSSR count). The molecule has 0 spiro atoms. The number of nitrogens with one attached hydrogen (secondary N) is 1. The van der Waals surface area contributed by atoms with Crippen molar-refractivity contribution in [1.29, 1.82) is 0 Å². The Labute approximate surface area is 165 Å². The quantitative estimate of drug-likeness (QED) is 0.828. The van der Waals surface area contributed by atoms with E-state index in [1.54, 1.807) is 12.1 Å². The number of likely N-dealkylation sites (tertiary alicyclic amines) is 1. The Morgan fingerprint density at radius 3 is 2.30 bits per heavy atom. The van der Waals surface area contributed by atoms with Gasteiger partial charge in [0.25, 0.3) is 0 Å². The van der Waals surface area contributed by atoms with Gasteiger partial charge in [0.15, 0.2) is 0 Å². The van der Waals surface area contributed by atoms with E-state index in [1.807, 2.05) is 35.2 Å². The predicted molar refractivity (Wildman–Crippen MR) is 108 cm³/mol. The molecular formula is C22H25ClN2O2. The van der Waals surface area contributed by atoms with Gasteiger partial charge < -0.3 is 10.2 Å². The van der Waals surface area contributed by atoms with Gasteiger partial charge >= 0.3 is 0 Å². The average molecular weight is 385 g/mol. The molecule has 1 fully saturated rings. The number of nitrogens with zero attached hydrogens (tertiary/aromatic N) is 1. The molecule has 0 radical (unpaired) electrons. The Kier molecular flexibility index (Phi) is 6.88. The second kappa shape index (κ2) is 9.56. The standard InChI is InChI=1S/C22H25ClN2O2/c23-20-8-6-18(7-9-20)16-21(26)25-14-11-19(12-15-25)22(27)24-13-10-17-4-2-1-3-5-17/h1-9,19H,10-16H2,(H,24,27). The Morgan fingerprint density at radius 1 is 0.963 bits per heavy atom. The minimum absolute atomic E-state index is 0.000329. The van der Waals surface area contributed by atoms with Crippen molar-refractivity contribution in [2.75, 3.05) is 19.6 Å². The first kappa shape index (κ1) is 19.4. The lowest BCUT2D eigenvalue weighted by atomic mass is 9.95. The number of benzene rings is 2. The fraction of sp³-hybridized carbons (Fsp3) is 0.364. The molecule has 0 aliphatic carbocycles. The van der Waals surface area contributed by atoms with Gasteiger partial charge in [-0.3, -0.25) is 9.59 Å². The van der Waals surface area contributed by atoms with Crippen molar-refractivity contribution < 1.29 is 9.59 Å². The van der Waals surface area contributed by atoms with E-state index in [-0.39, 0.29) is 17.7 Å². The van der Waals surface area contributed by atoms with Gasteiger partial charge in [-0.15, -0.1) is 0 Å². The van der Waals surface area contributed by atoms with Crippen molar-refractivity contribution in [3.8, 4) is 0 Å². The van der Waals surface area contributed by atoms with Crippen molar-refractivity contribution in [2.45, 2.75) is 25.7 Å². The molecule has 2 amide bonds. The Balaban J connectivity index is 1.39. The zero-order valence-corrected chi connectivity index (χ0v) is 16.1. The lowest BCUT2D eigenvalue weighted by Crippen LogP contribution is -2.43. The first-order valence-electron chi connectivity index (χ1n) is 9.45. The molecular weight excluding hydrogens is 360 g/mol. The normalized spacial score (nSPS) is 14.8. The molecule has 1 aliphatic heterocycles. The number of amides is 2. The van der Waals surface area contributed by atoms with E-state index in [4.69, 9.17) is 11.6 Å². The fourth-order valence-corrected chi connectivity index (χ4v) is 3.52. The molecule has 5 heteroatoms. The summed E-state index contributed by atoms with van der Waals surface area (Å²) in [6, 6.07) is 17.5. The van der Waals surface area contributed by atoms with Crippen LogP contribution in [0.15, 0.2) is 54.6 Å². The zero-order chi connectivity index (χ0) is 19.1. The third-order valence-corrected chi connectivity index (χ3v) is 5.29. The summed E-state index contributed by atoms with van der Waals surface area (Å²) < 4.78 is 0. The van der Waals surface area contributed by atoms with E-state index < -0.39 is 0 Å². The molecule has 2 aromatic carbocycles. The molecule has 0 saturated carbocycles. The molecule has 0 unspecified atom stereocenters. The van der Waals surface area contributed by atoms with Crippen LogP contribution in [0.5, 0.6) is 0 Å². The van der Waals surface area contributed by atoms with Crippen LogP contribution in [0.25, 0.3) is 0 Å². The SMILES string of the molecule is O=C(NCCc1ccccc1)C1CCN(C(=O)Cc2ccc(Cl)cc2)CC1. The van der Waals surface area contributed by atoms with Gasteiger partial charge in [0, 0.05) is 30.6 Å². The van der Waals surface area contributed by atoms with Crippen LogP contribution in [-0.2, 0) is 22.4 Å². The topological polar surface area (TPSA) is 49.4 Å². The highest BCUT2D eigenvalue weighted by atomic mass is 35.5. The highest BCUT2D eigenvalue weighted by molar-refractivity contribution is 6.30. The molecule has 0 aromatic heterocycles. The van der Waals surface area contributed by atoms with E-state index in [1.165, 1.54) is 5.56 Å². The molecule has 1 aliphatic rings. The van der Waals surface area contributed by atoms with E-state index in [9.17, 15) is 9.59 Å². The fourth-order valence-electron chi connectivity index (χ4n) is 3.40. The average Bonchev–Trinajstić information content (AvgIpc) is 2.70. The summed E-state index contributed by atoms with van der Waals surface area (Å²) in [5, 5.41) is 3.71. The van der Waals surface area contributed by atoms with Crippen molar-refractivity contribution in [2.24, 2.45) is 5.92 Å². The number of carbonyl (C=O) groups excluding carboxylic acids is 2. The van der Waals surface area contributed by atoms with Crippen LogP contribution in [0.1, 0.15) is 24.0 Å². The lowest BCUT2D eigenvalue weighted by Gasteiger charge is -2.31. The van der Waals surface area contributed by atoms with Crippen molar-refractivity contribution in [1.82, 2.24) is 10.2 Å². The molecule has 4 nitrogen and oxygen atoms in total. The minimum Gasteiger partial charge on any atom is -0.356 e. The van der Waals surface area contributed by atoms with Crippen molar-refractivity contribution >= 4 is 23.4 Å². The monoisotopic (exact) mass is 384 g/mol. The first-order chi connectivity index (χ1) is 13.1. The first-order valence-corrected chi connectivity index (χ1v) is 9.83. The largest absolute Gasteiger partial charge is 0.356 e. The van der Waals surface area contributed by atoms with Crippen LogP contribution >= 0.6 is 11.6 Å². The van der Waals surface area contributed by atoms with Crippen LogP contribution in [0.2, 0.25) is 5.02 Å². The van der Waals surface area contributed by atoms with Crippen molar-refractivity contribution in [3.63, 3.8) is 0 Å². The van der Waals surface area contributed by atoms with Gasteiger partial charge in [0.2, 0.25) is 11.8 Å². The van der Waals surface area contributed by atoms with E-state index in [0.29, 0.717) is 31.1 Å². The van der Waals surface area contributed by atoms with E-state index in [2.05, 4.69) is 17.4 Å². The summed E-state index contributed by atoms with van der Waals surface area (Å²) in [4.78, 5) is 26.7. The smallest absolute Gasteiger partial charge is 0.226 e. The molecule has 0 atom stereocenters. The van der Waals surface area contributed by atoms with Gasteiger partial charge in [0.05, 0.1) is 6.42 Å². The minimum atomic E-state index is 0.000329. The van der Waals surface area contributed by atoms with Crippen LogP contribution in [0, 0.1) is 5.92 Å². The number of hydrogen-bond donors (Lipinski definition) is 1. The maximum atomic E-state index is 12.5. The highest BCUT2D eigenvalue weighted by Gasteiger charge is 2.27. The van der Waals surface area contributed by atoms with Gasteiger partial charge in [-0.2, -0.15) is 0 Å². The van der Waals surface area contributed by atoms with Crippen molar-refractivity contribution in [3.05, 3.63) is 70.7 Å². The Morgan fingerprint density at radius 2 is 1.63 bits per heavy atom. The Hall–Kier alpha value is -2.33. The van der Waals surface area contributed by atoms with Gasteiger partial charge in [0.1, 0.15) is 0 Å². The zero-order valence-electron chi connectivity index (χ0n) is 15.4. The van der Waals surface area contributed by atoms with Crippen LogP contribution < -0.4 is 5.32 Å². The third kappa shape index (κ3) is 5.83. The maximum Gasteiger partial charge on any atom is 0.226 e. The highest BCUT2D eigenvalue weighted by Crippen LogP contribution is 2.19. The van der Waals surface area contributed by atoms with Gasteiger partial charge in [-0.1, -0.05) is 54.1 Å². The third-order valence-electron chi connectivity index (χ3n) is 5.04. The van der Waals surface area contributed by atoms with Crippen LogP contribution in [-0.4, -0.2) is 36.3 Å². The summed E-state index contributed by atoms with van der Waals surface area (Å²) in [5.74, 6) is 0.219. The number of carbonyl (C=O) groups is 2. The van der Waals surface area contributed by atoms with Crippen LogP contribution in [0.4, 0.5) is 0 Å². The summed E-state index contributed by atoms with van der Waals surface area (Å²) >= 11 is 5.88. The van der Waals surface area contributed by atoms with Gasteiger partial charge in [-0.25, -0.2) is 0 Å². The van der Waals surface area contributed by atoms with E-state index in [0.717, 1.165) is 24.8 Å².